The van der Waals surface area contributed by atoms with Gasteiger partial charge in [0.2, 0.25) is 0 Å². The van der Waals surface area contributed by atoms with E-state index in [1.807, 2.05) is 6.92 Å². The number of methoxy groups -OCH3 is 1. The first-order valence-electron chi connectivity index (χ1n) is 6.41. The molecule has 0 atom stereocenters. The van der Waals surface area contributed by atoms with Crippen LogP contribution in [0.4, 0.5) is 18.3 Å². The van der Waals surface area contributed by atoms with Crippen LogP contribution < -0.4 is 10.2 Å². The van der Waals surface area contributed by atoms with E-state index in [1.54, 1.807) is 14.0 Å². The van der Waals surface area contributed by atoms with Gasteiger partial charge in [0, 0.05) is 25.1 Å². The summed E-state index contributed by atoms with van der Waals surface area (Å²) < 4.78 is 42.7. The van der Waals surface area contributed by atoms with Crippen LogP contribution in [0.25, 0.3) is 0 Å². The lowest BCUT2D eigenvalue weighted by molar-refractivity contribution is -0.119. The van der Waals surface area contributed by atoms with E-state index in [0.29, 0.717) is 24.0 Å². The smallest absolute Gasteiger partial charge is 0.378 e. The Morgan fingerprint density at radius 3 is 2.55 bits per heavy atom. The fraction of sp³-hybridized carbons (Fsp3) is 0.750. The molecule has 0 saturated carbocycles. The summed E-state index contributed by atoms with van der Waals surface area (Å²) >= 11 is 1.29. The normalized spacial score (nSPS) is 11.9. The van der Waals surface area contributed by atoms with Gasteiger partial charge >= 0.3 is 6.18 Å². The first-order valence-corrected chi connectivity index (χ1v) is 7.22. The van der Waals surface area contributed by atoms with Gasteiger partial charge in [0.25, 0.3) is 0 Å². The predicted molar refractivity (Wildman–Crippen MR) is 74.1 cm³/mol. The van der Waals surface area contributed by atoms with Crippen LogP contribution in [0.5, 0.6) is 0 Å². The van der Waals surface area contributed by atoms with Gasteiger partial charge < -0.3 is 15.0 Å². The van der Waals surface area contributed by atoms with Gasteiger partial charge in [0.15, 0.2) is 5.13 Å². The Morgan fingerprint density at radius 2 is 2.05 bits per heavy atom. The molecule has 0 aliphatic rings. The molecule has 116 valence electrons. The minimum absolute atomic E-state index is 0.264. The van der Waals surface area contributed by atoms with Crippen LogP contribution >= 0.6 is 11.3 Å². The predicted octanol–water partition coefficient (Wildman–Crippen LogP) is 2.79. The SMILES string of the molecule is CCNCc1sc(N(CC)CC(F)(F)F)nc1COC. The van der Waals surface area contributed by atoms with Crippen LogP contribution in [0.15, 0.2) is 0 Å². The zero-order valence-electron chi connectivity index (χ0n) is 11.9. The molecule has 0 unspecified atom stereocenters. The molecule has 0 radical (unpaired) electrons. The molecule has 0 bridgehead atoms. The zero-order valence-corrected chi connectivity index (χ0v) is 12.7. The maximum Gasteiger partial charge on any atom is 0.406 e. The van der Waals surface area contributed by atoms with Gasteiger partial charge in [-0.05, 0) is 13.5 Å². The largest absolute Gasteiger partial charge is 0.406 e. The second-order valence-corrected chi connectivity index (χ2v) is 5.27. The fourth-order valence-electron chi connectivity index (χ4n) is 1.66. The van der Waals surface area contributed by atoms with Crippen LogP contribution in [-0.4, -0.2) is 37.9 Å². The van der Waals surface area contributed by atoms with Crippen LogP contribution in [0.2, 0.25) is 0 Å². The third-order valence-electron chi connectivity index (χ3n) is 2.61. The molecule has 0 spiro atoms. The third kappa shape index (κ3) is 5.26. The van der Waals surface area contributed by atoms with Crippen molar-refractivity contribution in [3.05, 3.63) is 10.6 Å². The number of rotatable bonds is 8. The lowest BCUT2D eigenvalue weighted by atomic mass is 10.3. The molecule has 8 heteroatoms. The molecular weight excluding hydrogens is 291 g/mol. The standard InChI is InChI=1S/C12H20F3N3OS/c1-4-16-6-10-9(7-19-3)17-11(20-10)18(5-2)8-12(13,14)15/h16H,4-8H2,1-3H3. The summed E-state index contributed by atoms with van der Waals surface area (Å²) in [6.45, 7) is 4.63. The van der Waals surface area contributed by atoms with Crippen molar-refractivity contribution >= 4 is 16.5 Å². The summed E-state index contributed by atoms with van der Waals surface area (Å²) in [5.74, 6) is 0. The quantitative estimate of drug-likeness (QED) is 0.801. The molecule has 1 rings (SSSR count). The molecule has 0 saturated heterocycles. The molecule has 0 aliphatic carbocycles. The summed E-state index contributed by atoms with van der Waals surface area (Å²) in [4.78, 5) is 6.44. The number of nitrogens with zero attached hydrogens (tertiary/aromatic N) is 2. The number of hydrogen-bond donors (Lipinski definition) is 1. The van der Waals surface area contributed by atoms with Crippen molar-refractivity contribution in [2.24, 2.45) is 0 Å². The van der Waals surface area contributed by atoms with Crippen molar-refractivity contribution < 1.29 is 17.9 Å². The fourth-order valence-corrected chi connectivity index (χ4v) is 2.76. The van der Waals surface area contributed by atoms with Crippen LogP contribution in [-0.2, 0) is 17.9 Å². The first kappa shape index (κ1) is 17.2. The van der Waals surface area contributed by atoms with Crippen molar-refractivity contribution in [1.29, 1.82) is 0 Å². The topological polar surface area (TPSA) is 37.4 Å². The van der Waals surface area contributed by atoms with Crippen molar-refractivity contribution in [3.8, 4) is 0 Å². The Kier molecular flexibility index (Phi) is 6.70. The van der Waals surface area contributed by atoms with E-state index in [1.165, 1.54) is 16.2 Å². The molecule has 1 heterocycles. The average molecular weight is 311 g/mol. The highest BCUT2D eigenvalue weighted by molar-refractivity contribution is 7.15. The molecule has 1 aromatic heterocycles. The Balaban J connectivity index is 2.92. The highest BCUT2D eigenvalue weighted by atomic mass is 32.1. The number of anilines is 1. The lowest BCUT2D eigenvalue weighted by Gasteiger charge is -2.21. The number of aromatic nitrogens is 1. The molecule has 0 aromatic carbocycles. The van der Waals surface area contributed by atoms with E-state index >= 15 is 0 Å². The van der Waals surface area contributed by atoms with E-state index in [9.17, 15) is 13.2 Å². The van der Waals surface area contributed by atoms with Crippen molar-refractivity contribution in [2.45, 2.75) is 33.2 Å². The summed E-state index contributed by atoms with van der Waals surface area (Å²) in [5.41, 5.74) is 0.703. The van der Waals surface area contributed by atoms with Crippen LogP contribution in [0.3, 0.4) is 0 Å². The molecule has 0 aliphatic heterocycles. The van der Waals surface area contributed by atoms with Crippen molar-refractivity contribution in [3.63, 3.8) is 0 Å². The highest BCUT2D eigenvalue weighted by Crippen LogP contribution is 2.29. The van der Waals surface area contributed by atoms with E-state index in [4.69, 9.17) is 4.74 Å². The number of alkyl halides is 3. The van der Waals surface area contributed by atoms with Crippen LogP contribution in [0, 0.1) is 0 Å². The summed E-state index contributed by atoms with van der Waals surface area (Å²) in [7, 11) is 1.54. The molecular formula is C12H20F3N3OS. The van der Waals surface area contributed by atoms with Crippen LogP contribution in [0.1, 0.15) is 24.4 Å². The minimum atomic E-state index is -4.23. The minimum Gasteiger partial charge on any atom is -0.378 e. The number of nitrogens with one attached hydrogen (secondary N) is 1. The van der Waals surface area contributed by atoms with Gasteiger partial charge in [-0.15, -0.1) is 11.3 Å². The second-order valence-electron chi connectivity index (χ2n) is 4.21. The Morgan fingerprint density at radius 1 is 1.35 bits per heavy atom. The van der Waals surface area contributed by atoms with E-state index in [-0.39, 0.29) is 6.54 Å². The lowest BCUT2D eigenvalue weighted by Crippen LogP contribution is -2.34. The van der Waals surface area contributed by atoms with E-state index in [0.717, 1.165) is 11.4 Å². The van der Waals surface area contributed by atoms with Gasteiger partial charge in [-0.2, -0.15) is 13.2 Å². The number of thiazole rings is 1. The van der Waals surface area contributed by atoms with E-state index < -0.39 is 12.7 Å². The van der Waals surface area contributed by atoms with Gasteiger partial charge in [-0.25, -0.2) is 4.98 Å². The summed E-state index contributed by atoms with van der Waals surface area (Å²) in [6.07, 6.45) is -4.23. The second kappa shape index (κ2) is 7.80. The average Bonchev–Trinajstić information content (AvgIpc) is 2.76. The Bertz CT molecular complexity index is 409. The molecule has 4 nitrogen and oxygen atoms in total. The zero-order chi connectivity index (χ0) is 15.2. The summed E-state index contributed by atoms with van der Waals surface area (Å²) in [6, 6.07) is 0. The maximum atomic E-state index is 12.5. The molecule has 20 heavy (non-hydrogen) atoms. The van der Waals surface area contributed by atoms with Crippen molar-refractivity contribution in [2.75, 3.05) is 31.6 Å². The monoisotopic (exact) mass is 311 g/mol. The molecule has 0 amide bonds. The van der Waals surface area contributed by atoms with Gasteiger partial charge in [0.05, 0.1) is 12.3 Å². The number of ether oxygens (including phenoxy) is 1. The Labute approximate surface area is 120 Å². The number of hydrogen-bond acceptors (Lipinski definition) is 5. The van der Waals surface area contributed by atoms with Gasteiger partial charge in [0.1, 0.15) is 6.54 Å². The number of halogens is 3. The van der Waals surface area contributed by atoms with Crippen molar-refractivity contribution in [1.82, 2.24) is 10.3 Å². The third-order valence-corrected chi connectivity index (χ3v) is 3.76. The maximum absolute atomic E-state index is 12.5. The van der Waals surface area contributed by atoms with E-state index in [2.05, 4.69) is 10.3 Å². The highest BCUT2D eigenvalue weighted by Gasteiger charge is 2.31. The van der Waals surface area contributed by atoms with Gasteiger partial charge in [-0.1, -0.05) is 6.92 Å². The molecule has 1 N–H and O–H groups in total. The van der Waals surface area contributed by atoms with Gasteiger partial charge in [-0.3, -0.25) is 0 Å². The molecule has 0 fully saturated rings. The Hall–Kier alpha value is -0.860. The summed E-state index contributed by atoms with van der Waals surface area (Å²) in [5, 5.41) is 3.55. The first-order chi connectivity index (χ1) is 9.41. The molecule has 1 aromatic rings.